The number of aromatic nitrogens is 3. The summed E-state index contributed by atoms with van der Waals surface area (Å²) in [6, 6.07) is 15.9. The number of rotatable bonds is 6. The number of thiophene rings is 1. The summed E-state index contributed by atoms with van der Waals surface area (Å²) in [5.41, 5.74) is 10.0. The zero-order valence-corrected chi connectivity index (χ0v) is 16.7. The summed E-state index contributed by atoms with van der Waals surface area (Å²) in [5, 5.41) is 0.949. The van der Waals surface area contributed by atoms with Gasteiger partial charge in [-0.25, -0.2) is 9.97 Å². The molecule has 0 aliphatic heterocycles. The van der Waals surface area contributed by atoms with E-state index in [-0.39, 0.29) is 0 Å². The monoisotopic (exact) mass is 392 g/mol. The van der Waals surface area contributed by atoms with Gasteiger partial charge in [0.05, 0.1) is 21.0 Å². The SMILES string of the molecule is CCCCSc1sc2nc(-c3ccccn3)nc(-c3ccccc3)c2c1N. The second-order valence-electron chi connectivity index (χ2n) is 6.16. The van der Waals surface area contributed by atoms with Crippen LogP contribution in [-0.2, 0) is 0 Å². The molecule has 2 N–H and O–H groups in total. The van der Waals surface area contributed by atoms with E-state index in [1.54, 1.807) is 17.5 Å². The lowest BCUT2D eigenvalue weighted by atomic mass is 10.1. The van der Waals surface area contributed by atoms with Crippen molar-refractivity contribution in [3.05, 3.63) is 54.7 Å². The molecule has 0 amide bonds. The average molecular weight is 393 g/mol. The lowest BCUT2D eigenvalue weighted by molar-refractivity contribution is 0.897. The summed E-state index contributed by atoms with van der Waals surface area (Å²) in [6.45, 7) is 2.20. The molecule has 0 atom stereocenters. The summed E-state index contributed by atoms with van der Waals surface area (Å²) < 4.78 is 1.13. The fraction of sp³-hybridized carbons (Fsp3) is 0.190. The zero-order valence-electron chi connectivity index (χ0n) is 15.1. The molecule has 0 aliphatic carbocycles. The Morgan fingerprint density at radius 1 is 1.04 bits per heavy atom. The summed E-state index contributed by atoms with van der Waals surface area (Å²) in [5.74, 6) is 1.70. The standard InChI is InChI=1S/C21H20N4S2/c1-2-3-13-26-21-17(22)16-18(14-9-5-4-6-10-14)24-19(25-20(16)27-21)15-11-7-8-12-23-15/h4-12H,2-3,13,22H2,1H3. The van der Waals surface area contributed by atoms with Crippen LogP contribution in [0.25, 0.3) is 33.0 Å². The Balaban J connectivity index is 1.91. The van der Waals surface area contributed by atoms with Crippen molar-refractivity contribution in [1.29, 1.82) is 0 Å². The van der Waals surface area contributed by atoms with Crippen LogP contribution in [0.15, 0.2) is 58.9 Å². The minimum absolute atomic E-state index is 0.633. The Hall–Kier alpha value is -2.44. The molecule has 6 heteroatoms. The third-order valence-electron chi connectivity index (χ3n) is 4.23. The molecule has 0 spiro atoms. The Kier molecular flexibility index (Phi) is 5.36. The minimum atomic E-state index is 0.633. The van der Waals surface area contributed by atoms with Gasteiger partial charge in [0.25, 0.3) is 0 Å². The van der Waals surface area contributed by atoms with Gasteiger partial charge in [0.1, 0.15) is 10.5 Å². The number of benzene rings is 1. The normalized spacial score (nSPS) is 11.1. The predicted octanol–water partition coefficient (Wildman–Crippen LogP) is 5.89. The first-order valence-corrected chi connectivity index (χ1v) is 10.8. The number of nitrogens with zero attached hydrogens (tertiary/aromatic N) is 3. The molecule has 3 heterocycles. The van der Waals surface area contributed by atoms with Crippen molar-refractivity contribution in [3.8, 4) is 22.8 Å². The van der Waals surface area contributed by atoms with Crippen molar-refractivity contribution in [2.75, 3.05) is 11.5 Å². The van der Waals surface area contributed by atoms with Crippen LogP contribution < -0.4 is 5.73 Å². The van der Waals surface area contributed by atoms with E-state index in [4.69, 9.17) is 15.7 Å². The van der Waals surface area contributed by atoms with E-state index in [0.29, 0.717) is 5.82 Å². The van der Waals surface area contributed by atoms with Gasteiger partial charge in [-0.2, -0.15) is 0 Å². The molecule has 4 rings (SSSR count). The summed E-state index contributed by atoms with van der Waals surface area (Å²) in [6.07, 6.45) is 4.12. The van der Waals surface area contributed by atoms with Gasteiger partial charge in [-0.15, -0.1) is 23.1 Å². The number of thioether (sulfide) groups is 1. The van der Waals surface area contributed by atoms with Crippen LogP contribution in [0.5, 0.6) is 0 Å². The minimum Gasteiger partial charge on any atom is -0.397 e. The molecule has 0 saturated heterocycles. The van der Waals surface area contributed by atoms with Crippen molar-refractivity contribution in [2.24, 2.45) is 0 Å². The molecular weight excluding hydrogens is 372 g/mol. The summed E-state index contributed by atoms with van der Waals surface area (Å²) in [4.78, 5) is 15.0. The summed E-state index contributed by atoms with van der Waals surface area (Å²) in [7, 11) is 0. The van der Waals surface area contributed by atoms with Gasteiger partial charge in [-0.3, -0.25) is 4.98 Å². The predicted molar refractivity (Wildman–Crippen MR) is 116 cm³/mol. The lowest BCUT2D eigenvalue weighted by Gasteiger charge is -2.07. The molecule has 0 saturated carbocycles. The molecule has 136 valence electrons. The zero-order chi connectivity index (χ0) is 18.6. The molecule has 27 heavy (non-hydrogen) atoms. The van der Waals surface area contributed by atoms with Crippen molar-refractivity contribution in [3.63, 3.8) is 0 Å². The second-order valence-corrected chi connectivity index (χ2v) is 8.52. The Labute approximate surface area is 166 Å². The van der Waals surface area contributed by atoms with Crippen LogP contribution >= 0.6 is 23.1 Å². The van der Waals surface area contributed by atoms with Gasteiger partial charge >= 0.3 is 0 Å². The molecule has 4 nitrogen and oxygen atoms in total. The molecular formula is C21H20N4S2. The molecule has 0 radical (unpaired) electrons. The maximum atomic E-state index is 6.54. The molecule has 4 aromatic rings. The van der Waals surface area contributed by atoms with Gasteiger partial charge in [-0.1, -0.05) is 49.7 Å². The highest BCUT2D eigenvalue weighted by Gasteiger charge is 2.19. The van der Waals surface area contributed by atoms with Gasteiger partial charge in [-0.05, 0) is 24.3 Å². The van der Waals surface area contributed by atoms with Crippen molar-refractivity contribution in [1.82, 2.24) is 15.0 Å². The number of nitrogen functional groups attached to an aromatic ring is 1. The molecule has 0 bridgehead atoms. The highest BCUT2D eigenvalue weighted by molar-refractivity contribution is 8.01. The van der Waals surface area contributed by atoms with E-state index in [1.807, 2.05) is 48.2 Å². The number of hydrogen-bond donors (Lipinski definition) is 1. The van der Waals surface area contributed by atoms with Crippen LogP contribution in [0, 0.1) is 0 Å². The highest BCUT2D eigenvalue weighted by Crippen LogP contribution is 2.44. The van der Waals surface area contributed by atoms with Crippen LogP contribution in [0.2, 0.25) is 0 Å². The number of anilines is 1. The van der Waals surface area contributed by atoms with E-state index >= 15 is 0 Å². The maximum Gasteiger partial charge on any atom is 0.180 e. The first-order chi connectivity index (χ1) is 13.3. The third kappa shape index (κ3) is 3.68. The maximum absolute atomic E-state index is 6.54. The van der Waals surface area contributed by atoms with E-state index in [1.165, 1.54) is 12.8 Å². The van der Waals surface area contributed by atoms with Gasteiger partial charge in [0.2, 0.25) is 0 Å². The van der Waals surface area contributed by atoms with Crippen molar-refractivity contribution in [2.45, 2.75) is 24.0 Å². The quantitative estimate of drug-likeness (QED) is 0.327. The van der Waals surface area contributed by atoms with Crippen LogP contribution in [0.1, 0.15) is 19.8 Å². The first-order valence-electron chi connectivity index (χ1n) is 8.97. The smallest absolute Gasteiger partial charge is 0.180 e. The van der Waals surface area contributed by atoms with Gasteiger partial charge < -0.3 is 5.73 Å². The van der Waals surface area contributed by atoms with Crippen LogP contribution in [0.3, 0.4) is 0 Å². The molecule has 0 fully saturated rings. The molecule has 3 aromatic heterocycles. The second kappa shape index (κ2) is 8.06. The Morgan fingerprint density at radius 3 is 2.59 bits per heavy atom. The average Bonchev–Trinajstić information content (AvgIpc) is 3.04. The van der Waals surface area contributed by atoms with Gasteiger partial charge in [0.15, 0.2) is 5.82 Å². The van der Waals surface area contributed by atoms with Gasteiger partial charge in [0, 0.05) is 11.8 Å². The number of unbranched alkanes of at least 4 members (excludes halogenated alkanes) is 1. The van der Waals surface area contributed by atoms with E-state index in [9.17, 15) is 0 Å². The topological polar surface area (TPSA) is 64.7 Å². The Morgan fingerprint density at radius 2 is 1.85 bits per heavy atom. The number of hydrogen-bond acceptors (Lipinski definition) is 6. The van der Waals surface area contributed by atoms with Crippen molar-refractivity contribution >= 4 is 39.0 Å². The molecule has 1 aromatic carbocycles. The first kappa shape index (κ1) is 17.9. The molecule has 0 unspecified atom stereocenters. The van der Waals surface area contributed by atoms with Crippen molar-refractivity contribution < 1.29 is 0 Å². The third-order valence-corrected chi connectivity index (χ3v) is 6.70. The van der Waals surface area contributed by atoms with E-state index < -0.39 is 0 Å². The summed E-state index contributed by atoms with van der Waals surface area (Å²) >= 11 is 3.46. The van der Waals surface area contributed by atoms with E-state index in [2.05, 4.69) is 24.0 Å². The lowest BCUT2D eigenvalue weighted by Crippen LogP contribution is -1.96. The van der Waals surface area contributed by atoms with Crippen LogP contribution in [0.4, 0.5) is 5.69 Å². The fourth-order valence-corrected chi connectivity index (χ4v) is 5.26. The number of fused-ring (bicyclic) bond motifs is 1. The number of pyridine rings is 1. The highest BCUT2D eigenvalue weighted by atomic mass is 32.2. The Bertz CT molecular complexity index is 1050. The largest absolute Gasteiger partial charge is 0.397 e. The molecule has 0 aliphatic rings. The fourth-order valence-electron chi connectivity index (χ4n) is 2.83. The van der Waals surface area contributed by atoms with Crippen LogP contribution in [-0.4, -0.2) is 20.7 Å². The van der Waals surface area contributed by atoms with E-state index in [0.717, 1.165) is 42.8 Å². The number of nitrogens with two attached hydrogens (primary N) is 1.